The molecule has 0 aliphatic carbocycles. The van der Waals surface area contributed by atoms with Crippen molar-refractivity contribution < 1.29 is 8.42 Å². The molecule has 0 radical (unpaired) electrons. The van der Waals surface area contributed by atoms with Crippen LogP contribution in [0, 0.1) is 0 Å². The minimum atomic E-state index is -2.87. The molecular formula is C14H23N3O2S. The van der Waals surface area contributed by atoms with E-state index in [0.29, 0.717) is 13.0 Å². The summed E-state index contributed by atoms with van der Waals surface area (Å²) in [6, 6.07) is 4.18. The Morgan fingerprint density at radius 1 is 1.35 bits per heavy atom. The van der Waals surface area contributed by atoms with Gasteiger partial charge in [-0.25, -0.2) is 13.4 Å². The zero-order chi connectivity index (χ0) is 14.6. The summed E-state index contributed by atoms with van der Waals surface area (Å²) in [5.74, 6) is 1.36. The summed E-state index contributed by atoms with van der Waals surface area (Å²) in [5, 5.41) is 0. The van der Waals surface area contributed by atoms with Gasteiger partial charge in [0.25, 0.3) is 0 Å². The molecule has 1 aromatic rings. The van der Waals surface area contributed by atoms with E-state index in [1.54, 1.807) is 0 Å². The van der Waals surface area contributed by atoms with E-state index in [0.717, 1.165) is 30.8 Å². The van der Waals surface area contributed by atoms with Crippen LogP contribution in [0.2, 0.25) is 0 Å². The molecule has 1 aliphatic heterocycles. The van der Waals surface area contributed by atoms with Gasteiger partial charge in [0.2, 0.25) is 0 Å². The highest BCUT2D eigenvalue weighted by molar-refractivity contribution is 7.91. The molecule has 1 aromatic heterocycles. The van der Waals surface area contributed by atoms with Crippen LogP contribution in [-0.2, 0) is 16.3 Å². The third-order valence-electron chi connectivity index (χ3n) is 3.71. The van der Waals surface area contributed by atoms with E-state index in [1.165, 1.54) is 0 Å². The second-order valence-electron chi connectivity index (χ2n) is 5.39. The van der Waals surface area contributed by atoms with Crippen LogP contribution in [-0.4, -0.2) is 44.0 Å². The monoisotopic (exact) mass is 297 g/mol. The lowest BCUT2D eigenvalue weighted by Gasteiger charge is -2.21. The number of hydrogen-bond acceptors (Lipinski definition) is 5. The van der Waals surface area contributed by atoms with Crippen molar-refractivity contribution in [1.82, 2.24) is 4.98 Å². The van der Waals surface area contributed by atoms with E-state index in [4.69, 9.17) is 5.73 Å². The fraction of sp³-hybridized carbons (Fsp3) is 0.643. The topological polar surface area (TPSA) is 76.3 Å². The van der Waals surface area contributed by atoms with Crippen LogP contribution in [0.25, 0.3) is 0 Å². The smallest absolute Gasteiger partial charge is 0.152 e. The molecule has 2 N–H and O–H groups in total. The van der Waals surface area contributed by atoms with Crippen LogP contribution >= 0.6 is 0 Å². The van der Waals surface area contributed by atoms with Crippen molar-refractivity contribution in [3.8, 4) is 0 Å². The molecule has 1 atom stereocenters. The zero-order valence-electron chi connectivity index (χ0n) is 12.0. The molecule has 0 amide bonds. The number of nitrogens with two attached hydrogens (primary N) is 1. The Bertz CT molecular complexity index is 528. The molecule has 5 nitrogen and oxygen atoms in total. The predicted octanol–water partition coefficient (Wildman–Crippen LogP) is 0.986. The van der Waals surface area contributed by atoms with E-state index in [9.17, 15) is 8.42 Å². The molecule has 0 saturated carbocycles. The van der Waals surface area contributed by atoms with E-state index < -0.39 is 9.84 Å². The fourth-order valence-corrected chi connectivity index (χ4v) is 3.61. The molecule has 0 aromatic carbocycles. The van der Waals surface area contributed by atoms with Gasteiger partial charge in [0, 0.05) is 25.3 Å². The van der Waals surface area contributed by atoms with E-state index >= 15 is 0 Å². The summed E-state index contributed by atoms with van der Waals surface area (Å²) < 4.78 is 23.2. The minimum absolute atomic E-state index is 0.172. The largest absolute Gasteiger partial charge is 0.356 e. The second-order valence-corrected chi connectivity index (χ2v) is 7.69. The molecule has 1 saturated heterocycles. The van der Waals surface area contributed by atoms with Gasteiger partial charge in [0.1, 0.15) is 5.82 Å². The summed E-state index contributed by atoms with van der Waals surface area (Å²) in [7, 11) is -2.87. The summed E-state index contributed by atoms with van der Waals surface area (Å²) in [6.45, 7) is 3.35. The number of aromatic nitrogens is 1. The molecule has 112 valence electrons. The van der Waals surface area contributed by atoms with Crippen molar-refractivity contribution in [2.45, 2.75) is 32.2 Å². The van der Waals surface area contributed by atoms with E-state index in [2.05, 4.69) is 11.9 Å². The van der Waals surface area contributed by atoms with Gasteiger partial charge in [-0.2, -0.15) is 0 Å². The molecule has 1 aliphatic rings. The Morgan fingerprint density at radius 2 is 2.15 bits per heavy atom. The van der Waals surface area contributed by atoms with Crippen LogP contribution in [0.5, 0.6) is 0 Å². The van der Waals surface area contributed by atoms with Gasteiger partial charge in [-0.1, -0.05) is 13.0 Å². The van der Waals surface area contributed by atoms with E-state index in [-0.39, 0.29) is 17.5 Å². The molecule has 2 rings (SSSR count). The molecule has 1 unspecified atom stereocenters. The third kappa shape index (κ3) is 4.18. The highest BCUT2D eigenvalue weighted by Crippen LogP contribution is 2.15. The van der Waals surface area contributed by atoms with E-state index in [1.807, 2.05) is 23.2 Å². The number of sulfone groups is 1. The molecule has 1 fully saturated rings. The molecule has 0 bridgehead atoms. The summed E-state index contributed by atoms with van der Waals surface area (Å²) >= 11 is 0. The van der Waals surface area contributed by atoms with Gasteiger partial charge in [-0.3, -0.25) is 0 Å². The van der Waals surface area contributed by atoms with Crippen molar-refractivity contribution >= 4 is 15.7 Å². The number of rotatable bonds is 4. The molecule has 2 heterocycles. The van der Waals surface area contributed by atoms with Gasteiger partial charge >= 0.3 is 0 Å². The average molecular weight is 297 g/mol. The normalized spacial score (nSPS) is 20.4. The summed E-state index contributed by atoms with van der Waals surface area (Å²) in [6.07, 6.45) is 4.31. The fourth-order valence-electron chi connectivity index (χ4n) is 2.34. The van der Waals surface area contributed by atoms with Crippen LogP contribution in [0.3, 0.4) is 0 Å². The van der Waals surface area contributed by atoms with Crippen LogP contribution in [0.4, 0.5) is 5.82 Å². The zero-order valence-corrected chi connectivity index (χ0v) is 12.8. The SMILES string of the molecule is CCC(N)Cc1ccc(N2CCCS(=O)(=O)CC2)nc1. The quantitative estimate of drug-likeness (QED) is 0.897. The van der Waals surface area contributed by atoms with Gasteiger partial charge in [0.05, 0.1) is 11.5 Å². The maximum atomic E-state index is 11.6. The van der Waals surface area contributed by atoms with Crippen LogP contribution in [0.15, 0.2) is 18.3 Å². The van der Waals surface area contributed by atoms with Crippen molar-refractivity contribution in [3.63, 3.8) is 0 Å². The molecule has 0 spiro atoms. The lowest BCUT2D eigenvalue weighted by atomic mass is 10.1. The Hall–Kier alpha value is -1.14. The van der Waals surface area contributed by atoms with Crippen molar-refractivity contribution in [3.05, 3.63) is 23.9 Å². The second kappa shape index (κ2) is 6.54. The Labute approximate surface area is 121 Å². The first-order valence-corrected chi connectivity index (χ1v) is 8.98. The maximum absolute atomic E-state index is 11.6. The molecular weight excluding hydrogens is 274 g/mol. The first kappa shape index (κ1) is 15.3. The highest BCUT2D eigenvalue weighted by Gasteiger charge is 2.19. The number of anilines is 1. The highest BCUT2D eigenvalue weighted by atomic mass is 32.2. The van der Waals surface area contributed by atoms with Gasteiger partial charge in [0.15, 0.2) is 9.84 Å². The van der Waals surface area contributed by atoms with Crippen LogP contribution in [0.1, 0.15) is 25.3 Å². The maximum Gasteiger partial charge on any atom is 0.152 e. The Balaban J connectivity index is 2.02. The first-order valence-electron chi connectivity index (χ1n) is 7.16. The number of pyridine rings is 1. The molecule has 6 heteroatoms. The van der Waals surface area contributed by atoms with Crippen LogP contribution < -0.4 is 10.6 Å². The number of nitrogens with zero attached hydrogens (tertiary/aromatic N) is 2. The number of hydrogen-bond donors (Lipinski definition) is 1. The Morgan fingerprint density at radius 3 is 2.80 bits per heavy atom. The lowest BCUT2D eigenvalue weighted by molar-refractivity contribution is 0.597. The summed E-state index contributed by atoms with van der Waals surface area (Å²) in [5.41, 5.74) is 7.06. The van der Waals surface area contributed by atoms with Crippen molar-refractivity contribution in [1.29, 1.82) is 0 Å². The van der Waals surface area contributed by atoms with Gasteiger partial charge in [-0.15, -0.1) is 0 Å². The predicted molar refractivity (Wildman–Crippen MR) is 81.7 cm³/mol. The third-order valence-corrected chi connectivity index (χ3v) is 5.43. The Kier molecular flexibility index (Phi) is 4.99. The van der Waals surface area contributed by atoms with Gasteiger partial charge < -0.3 is 10.6 Å². The van der Waals surface area contributed by atoms with Crippen molar-refractivity contribution in [2.24, 2.45) is 5.73 Å². The molecule has 20 heavy (non-hydrogen) atoms. The van der Waals surface area contributed by atoms with Crippen molar-refractivity contribution in [2.75, 3.05) is 29.5 Å². The standard InChI is InChI=1S/C14H23N3O2S/c1-2-13(15)10-12-4-5-14(16-11-12)17-6-3-8-20(18,19)9-7-17/h4-5,11,13H,2-3,6-10,15H2,1H3. The average Bonchev–Trinajstić information content (AvgIpc) is 2.60. The lowest BCUT2D eigenvalue weighted by Crippen LogP contribution is -2.27. The minimum Gasteiger partial charge on any atom is -0.356 e. The first-order chi connectivity index (χ1) is 9.50. The summed E-state index contributed by atoms with van der Waals surface area (Å²) in [4.78, 5) is 6.50. The van der Waals surface area contributed by atoms with Gasteiger partial charge in [-0.05, 0) is 30.9 Å².